The lowest BCUT2D eigenvalue weighted by Crippen LogP contribution is -2.28. The molecule has 0 spiro atoms. The van der Waals surface area contributed by atoms with E-state index in [1.807, 2.05) is 24.3 Å². The van der Waals surface area contributed by atoms with Gasteiger partial charge >= 0.3 is 6.18 Å². The molecule has 3 nitrogen and oxygen atoms in total. The van der Waals surface area contributed by atoms with Crippen LogP contribution in [0.3, 0.4) is 0 Å². The minimum absolute atomic E-state index is 0.169. The van der Waals surface area contributed by atoms with Crippen LogP contribution >= 0.6 is 0 Å². The van der Waals surface area contributed by atoms with Gasteiger partial charge in [0.25, 0.3) is 0 Å². The zero-order chi connectivity index (χ0) is 19.9. The van der Waals surface area contributed by atoms with E-state index in [9.17, 15) is 22.8 Å². The lowest BCUT2D eigenvalue weighted by molar-refractivity contribution is -0.137. The van der Waals surface area contributed by atoms with Gasteiger partial charge in [0.05, 0.1) is 5.56 Å². The molecule has 2 aromatic rings. The molecule has 6 heteroatoms. The Morgan fingerprint density at radius 2 is 1.71 bits per heavy atom. The van der Waals surface area contributed by atoms with Crippen LogP contribution in [0.1, 0.15) is 46.9 Å². The quantitative estimate of drug-likeness (QED) is 0.781. The Labute approximate surface area is 160 Å². The smallest absolute Gasteiger partial charge is 0.355 e. The second kappa shape index (κ2) is 7.08. The first-order valence-corrected chi connectivity index (χ1v) is 9.40. The Balaban J connectivity index is 1.55. The fourth-order valence-electron chi connectivity index (χ4n) is 4.01. The van der Waals surface area contributed by atoms with Crippen molar-refractivity contribution >= 4 is 11.7 Å². The van der Waals surface area contributed by atoms with Crippen molar-refractivity contribution in [3.05, 3.63) is 70.8 Å². The number of halogens is 3. The number of hydrogen-bond acceptors (Lipinski definition) is 2. The monoisotopic (exact) mass is 387 g/mol. The molecule has 1 heterocycles. The first-order chi connectivity index (χ1) is 13.3. The maximum absolute atomic E-state index is 13.0. The minimum Gasteiger partial charge on any atom is -0.355 e. The van der Waals surface area contributed by atoms with Crippen LogP contribution in [0.5, 0.6) is 0 Å². The van der Waals surface area contributed by atoms with Crippen molar-refractivity contribution in [2.45, 2.75) is 37.3 Å². The van der Waals surface area contributed by atoms with E-state index in [0.29, 0.717) is 11.5 Å². The van der Waals surface area contributed by atoms with Crippen LogP contribution in [0.4, 0.5) is 13.2 Å². The molecule has 1 aliphatic carbocycles. The van der Waals surface area contributed by atoms with Crippen LogP contribution in [0, 0.1) is 5.92 Å². The molecular weight excluding hydrogens is 367 g/mol. The summed E-state index contributed by atoms with van der Waals surface area (Å²) in [6.45, 7) is 0.255. The second-order valence-electron chi connectivity index (χ2n) is 7.57. The second-order valence-corrected chi connectivity index (χ2v) is 7.57. The molecule has 0 unspecified atom stereocenters. The molecule has 2 aliphatic rings. The summed E-state index contributed by atoms with van der Waals surface area (Å²) in [5.74, 6) is -1.36. The summed E-state index contributed by atoms with van der Waals surface area (Å²) in [5.41, 5.74) is 1.94. The average Bonchev–Trinajstić information content (AvgIpc) is 3.43. The van der Waals surface area contributed by atoms with Gasteiger partial charge in [-0.15, -0.1) is 0 Å². The molecule has 2 atom stereocenters. The molecular formula is C22H20F3NO2. The molecule has 2 aromatic carbocycles. The summed E-state index contributed by atoms with van der Waals surface area (Å²) in [6.07, 6.45) is -2.02. The molecule has 0 bridgehead atoms. The highest BCUT2D eigenvalue weighted by Crippen LogP contribution is 2.42. The van der Waals surface area contributed by atoms with E-state index in [2.05, 4.69) is 5.32 Å². The van der Waals surface area contributed by atoms with Crippen molar-refractivity contribution in [1.82, 2.24) is 5.32 Å². The van der Waals surface area contributed by atoms with Crippen molar-refractivity contribution in [2.24, 2.45) is 5.92 Å². The molecule has 0 radical (unpaired) electrons. The Morgan fingerprint density at radius 1 is 1.04 bits per heavy atom. The molecule has 1 N–H and O–H groups in total. The van der Waals surface area contributed by atoms with E-state index < -0.39 is 23.6 Å². The predicted molar refractivity (Wildman–Crippen MR) is 97.8 cm³/mol. The standard InChI is InChI=1S/C22H20F3NO2/c23-22(24,25)16-9-7-14(8-10-16)18-12-26-21(28)20(18)19(27)11-15-3-1-2-4-17(15)13-5-6-13/h1-4,7-10,13,18,20H,5-6,11-12H2,(H,26,28)/t18-,20+/m1/s1. The van der Waals surface area contributed by atoms with Crippen LogP contribution in [0.15, 0.2) is 48.5 Å². The van der Waals surface area contributed by atoms with Crippen molar-refractivity contribution < 1.29 is 22.8 Å². The third-order valence-corrected chi connectivity index (χ3v) is 5.63. The van der Waals surface area contributed by atoms with Gasteiger partial charge in [0, 0.05) is 18.9 Å². The lowest BCUT2D eigenvalue weighted by Gasteiger charge is -2.18. The molecule has 0 aromatic heterocycles. The fraction of sp³-hybridized carbons (Fsp3) is 0.364. The number of amides is 1. The zero-order valence-corrected chi connectivity index (χ0v) is 15.1. The zero-order valence-electron chi connectivity index (χ0n) is 15.1. The van der Waals surface area contributed by atoms with E-state index in [1.54, 1.807) is 0 Å². The summed E-state index contributed by atoms with van der Waals surface area (Å²) < 4.78 is 38.4. The summed E-state index contributed by atoms with van der Waals surface area (Å²) in [4.78, 5) is 25.3. The van der Waals surface area contributed by atoms with Gasteiger partial charge in [-0.3, -0.25) is 9.59 Å². The number of hydrogen-bond donors (Lipinski definition) is 1. The number of Topliss-reactive ketones (excluding diaryl/α,β-unsaturated/α-hetero) is 1. The molecule has 1 saturated carbocycles. The first kappa shape index (κ1) is 18.7. The SMILES string of the molecule is O=C(Cc1ccccc1C1CC1)[C@H]1C(=O)NC[C@@H]1c1ccc(C(F)(F)F)cc1. The Bertz CT molecular complexity index is 901. The third kappa shape index (κ3) is 3.68. The Hall–Kier alpha value is -2.63. The van der Waals surface area contributed by atoms with Gasteiger partial charge in [0.2, 0.25) is 5.91 Å². The maximum atomic E-state index is 13.0. The van der Waals surface area contributed by atoms with Crippen molar-refractivity contribution in [2.75, 3.05) is 6.54 Å². The van der Waals surface area contributed by atoms with Crippen LogP contribution in [-0.2, 0) is 22.2 Å². The first-order valence-electron chi connectivity index (χ1n) is 9.40. The number of alkyl halides is 3. The number of nitrogens with one attached hydrogen (secondary N) is 1. The predicted octanol–water partition coefficient (Wildman–Crippen LogP) is 4.22. The van der Waals surface area contributed by atoms with Gasteiger partial charge in [-0.25, -0.2) is 0 Å². The molecule has 28 heavy (non-hydrogen) atoms. The molecule has 1 aliphatic heterocycles. The number of carbonyl (C=O) groups is 2. The normalized spacial score (nSPS) is 22.2. The Kier molecular flexibility index (Phi) is 4.73. The van der Waals surface area contributed by atoms with Gasteiger partial charge in [0.15, 0.2) is 0 Å². The van der Waals surface area contributed by atoms with Crippen molar-refractivity contribution in [3.8, 4) is 0 Å². The van der Waals surface area contributed by atoms with Crippen LogP contribution in [0.2, 0.25) is 0 Å². The fourth-order valence-corrected chi connectivity index (χ4v) is 4.01. The van der Waals surface area contributed by atoms with E-state index in [1.165, 1.54) is 17.7 Å². The molecule has 1 amide bonds. The molecule has 2 fully saturated rings. The van der Waals surface area contributed by atoms with E-state index in [-0.39, 0.29) is 24.7 Å². The maximum Gasteiger partial charge on any atom is 0.416 e. The summed E-state index contributed by atoms with van der Waals surface area (Å²) >= 11 is 0. The number of rotatable bonds is 5. The summed E-state index contributed by atoms with van der Waals surface area (Å²) in [5, 5.41) is 2.70. The van der Waals surface area contributed by atoms with Gasteiger partial charge in [-0.1, -0.05) is 36.4 Å². The summed E-state index contributed by atoms with van der Waals surface area (Å²) in [7, 11) is 0. The average molecular weight is 387 g/mol. The number of carbonyl (C=O) groups excluding carboxylic acids is 2. The van der Waals surface area contributed by atoms with Crippen molar-refractivity contribution in [1.29, 1.82) is 0 Å². The van der Waals surface area contributed by atoms with Crippen molar-refractivity contribution in [3.63, 3.8) is 0 Å². The highest BCUT2D eigenvalue weighted by molar-refractivity contribution is 6.04. The van der Waals surface area contributed by atoms with E-state index in [0.717, 1.165) is 30.5 Å². The molecule has 146 valence electrons. The highest BCUT2D eigenvalue weighted by Gasteiger charge is 2.41. The van der Waals surface area contributed by atoms with Gasteiger partial charge in [-0.2, -0.15) is 13.2 Å². The topological polar surface area (TPSA) is 46.2 Å². The van der Waals surface area contributed by atoms with Crippen LogP contribution < -0.4 is 5.32 Å². The van der Waals surface area contributed by atoms with E-state index in [4.69, 9.17) is 0 Å². The third-order valence-electron chi connectivity index (χ3n) is 5.63. The molecule has 4 rings (SSSR count). The van der Waals surface area contributed by atoms with Gasteiger partial charge in [0.1, 0.15) is 11.7 Å². The summed E-state index contributed by atoms with van der Waals surface area (Å²) in [6, 6.07) is 12.5. The van der Waals surface area contributed by atoms with Gasteiger partial charge in [-0.05, 0) is 47.6 Å². The lowest BCUT2D eigenvalue weighted by atomic mass is 9.83. The van der Waals surface area contributed by atoms with Crippen LogP contribution in [0.25, 0.3) is 0 Å². The van der Waals surface area contributed by atoms with E-state index >= 15 is 0 Å². The number of benzene rings is 2. The largest absolute Gasteiger partial charge is 0.416 e. The minimum atomic E-state index is -4.41. The Morgan fingerprint density at radius 3 is 2.36 bits per heavy atom. The highest BCUT2D eigenvalue weighted by atomic mass is 19.4. The number of ketones is 1. The molecule has 1 saturated heterocycles. The van der Waals surface area contributed by atoms with Crippen LogP contribution in [-0.4, -0.2) is 18.2 Å². The van der Waals surface area contributed by atoms with Gasteiger partial charge < -0.3 is 5.32 Å².